The number of rotatable bonds is 5. The summed E-state index contributed by atoms with van der Waals surface area (Å²) >= 11 is 0. The summed E-state index contributed by atoms with van der Waals surface area (Å²) in [7, 11) is 0. The molecule has 1 aromatic heterocycles. The van der Waals surface area contributed by atoms with Gasteiger partial charge in [-0.05, 0) is 18.1 Å². The third kappa shape index (κ3) is 3.60. The molecule has 1 heterocycles. The molecule has 3 rings (SSSR count). The molecule has 1 atom stereocenters. The minimum atomic E-state index is -0.733. The van der Waals surface area contributed by atoms with Crippen molar-refractivity contribution in [2.45, 2.75) is 13.3 Å². The average Bonchev–Trinajstić information content (AvgIpc) is 2.67. The Morgan fingerprint density at radius 2 is 1.92 bits per heavy atom. The molecule has 4 nitrogen and oxygen atoms in total. The third-order valence-electron chi connectivity index (χ3n) is 4.21. The zero-order chi connectivity index (χ0) is 17.9. The van der Waals surface area contributed by atoms with Crippen molar-refractivity contribution in [2.75, 3.05) is 6.67 Å². The topological polar surface area (TPSA) is 59.9 Å². The van der Waals surface area contributed by atoms with E-state index >= 15 is 0 Å². The van der Waals surface area contributed by atoms with Gasteiger partial charge < -0.3 is 0 Å². The van der Waals surface area contributed by atoms with E-state index in [0.29, 0.717) is 11.1 Å². The van der Waals surface area contributed by atoms with E-state index in [0.717, 1.165) is 11.1 Å². The van der Waals surface area contributed by atoms with Crippen LogP contribution in [0.15, 0.2) is 66.8 Å². The van der Waals surface area contributed by atoms with Gasteiger partial charge in [0.2, 0.25) is 11.6 Å². The summed E-state index contributed by atoms with van der Waals surface area (Å²) in [6.45, 7) is 1.15. The quantitative estimate of drug-likeness (QED) is 0.616. The van der Waals surface area contributed by atoms with Gasteiger partial charge in [0.05, 0.1) is 6.67 Å². The maximum Gasteiger partial charge on any atom is 0.233 e. The molecule has 1 aromatic carbocycles. The fraction of sp³-hybridized carbons (Fsp3) is 0.200. The molecule has 126 valence electrons. The van der Waals surface area contributed by atoms with Crippen LogP contribution >= 0.6 is 0 Å². The predicted octanol–water partition coefficient (Wildman–Crippen LogP) is 3.76. The lowest BCUT2D eigenvalue weighted by Crippen LogP contribution is -2.25. The Bertz CT molecular complexity index is 874. The van der Waals surface area contributed by atoms with Gasteiger partial charge in [0, 0.05) is 34.5 Å². The third-order valence-corrected chi connectivity index (χ3v) is 4.21. The molecule has 0 amide bonds. The summed E-state index contributed by atoms with van der Waals surface area (Å²) in [6.07, 6.45) is 9.88. The van der Waals surface area contributed by atoms with Gasteiger partial charge >= 0.3 is 0 Å². The number of Topliss-reactive ketones (excluding diaryl/α,β-unsaturated/α-hetero) is 2. The summed E-state index contributed by atoms with van der Waals surface area (Å²) in [5, 5.41) is 0. The predicted molar refractivity (Wildman–Crippen MR) is 92.7 cm³/mol. The maximum atomic E-state index is 13.2. The number of benzene rings is 1. The highest BCUT2D eigenvalue weighted by molar-refractivity contribution is 6.49. The van der Waals surface area contributed by atoms with E-state index in [1.54, 1.807) is 55.7 Å². The van der Waals surface area contributed by atoms with Crippen LogP contribution in [0.3, 0.4) is 0 Å². The molecule has 0 N–H and O–H groups in total. The standard InChI is InChI=1S/C20H17FN2O2/c1-20(12-21)7-3-6-16(9-20)19(25)18(24)15-5-2-4-14(8-15)17-10-22-13-23-11-17/h2-8,10-11,13H,9,12H2,1H3. The van der Waals surface area contributed by atoms with E-state index in [1.165, 1.54) is 6.33 Å². The first kappa shape index (κ1) is 16.9. The van der Waals surface area contributed by atoms with Crippen molar-refractivity contribution in [2.24, 2.45) is 5.41 Å². The lowest BCUT2D eigenvalue weighted by atomic mass is 9.79. The van der Waals surface area contributed by atoms with Crippen LogP contribution in [0.25, 0.3) is 11.1 Å². The minimum absolute atomic E-state index is 0.219. The van der Waals surface area contributed by atoms with Crippen LogP contribution < -0.4 is 0 Å². The van der Waals surface area contributed by atoms with Crippen molar-refractivity contribution in [1.29, 1.82) is 0 Å². The second-order valence-electron chi connectivity index (χ2n) is 6.38. The first-order valence-electron chi connectivity index (χ1n) is 7.91. The highest BCUT2D eigenvalue weighted by Gasteiger charge is 2.30. The first-order chi connectivity index (χ1) is 12.0. The van der Waals surface area contributed by atoms with Crippen LogP contribution in [-0.2, 0) is 4.79 Å². The highest BCUT2D eigenvalue weighted by Crippen LogP contribution is 2.32. The van der Waals surface area contributed by atoms with Crippen molar-refractivity contribution < 1.29 is 14.0 Å². The van der Waals surface area contributed by atoms with Gasteiger partial charge in [-0.25, -0.2) is 9.97 Å². The molecular formula is C20H17FN2O2. The smallest absolute Gasteiger partial charge is 0.233 e. The van der Waals surface area contributed by atoms with Crippen molar-refractivity contribution in [3.05, 3.63) is 72.4 Å². The van der Waals surface area contributed by atoms with Crippen LogP contribution in [0, 0.1) is 5.41 Å². The lowest BCUT2D eigenvalue weighted by Gasteiger charge is -2.25. The number of hydrogen-bond acceptors (Lipinski definition) is 4. The molecule has 5 heteroatoms. The fourth-order valence-electron chi connectivity index (χ4n) is 2.76. The largest absolute Gasteiger partial charge is 0.285 e. The summed E-state index contributed by atoms with van der Waals surface area (Å²) in [4.78, 5) is 33.0. The second kappa shape index (κ2) is 6.89. The van der Waals surface area contributed by atoms with Crippen molar-refractivity contribution >= 4 is 11.6 Å². The number of aromatic nitrogens is 2. The van der Waals surface area contributed by atoms with Gasteiger partial charge in [0.15, 0.2) is 0 Å². The van der Waals surface area contributed by atoms with E-state index in [4.69, 9.17) is 0 Å². The molecule has 25 heavy (non-hydrogen) atoms. The second-order valence-corrected chi connectivity index (χ2v) is 6.38. The van der Waals surface area contributed by atoms with E-state index in [2.05, 4.69) is 9.97 Å². The minimum Gasteiger partial charge on any atom is -0.285 e. The number of alkyl halides is 1. The Morgan fingerprint density at radius 1 is 1.16 bits per heavy atom. The molecule has 0 fully saturated rings. The summed E-state index contributed by atoms with van der Waals surface area (Å²) < 4.78 is 13.2. The van der Waals surface area contributed by atoms with Gasteiger partial charge in [0.1, 0.15) is 6.33 Å². The number of ketones is 2. The normalized spacial score (nSPS) is 19.4. The van der Waals surface area contributed by atoms with E-state index in [1.807, 2.05) is 6.07 Å². The molecule has 0 aliphatic heterocycles. The van der Waals surface area contributed by atoms with Crippen molar-refractivity contribution in [1.82, 2.24) is 9.97 Å². The molecule has 0 bridgehead atoms. The molecule has 0 spiro atoms. The molecule has 0 saturated carbocycles. The van der Waals surface area contributed by atoms with Gasteiger partial charge in [-0.2, -0.15) is 0 Å². The SMILES string of the molecule is CC1(CF)C=CC=C(C(=O)C(=O)c2cccc(-c3cncnc3)c2)C1. The summed E-state index contributed by atoms with van der Waals surface area (Å²) in [5.41, 5.74) is 1.41. The first-order valence-corrected chi connectivity index (χ1v) is 7.91. The van der Waals surface area contributed by atoms with Gasteiger partial charge in [-0.15, -0.1) is 0 Å². The summed E-state index contributed by atoms with van der Waals surface area (Å²) in [6, 6.07) is 6.78. The van der Waals surface area contributed by atoms with Crippen LogP contribution in [-0.4, -0.2) is 28.2 Å². The monoisotopic (exact) mass is 336 g/mol. The van der Waals surface area contributed by atoms with Gasteiger partial charge in [-0.1, -0.05) is 43.4 Å². The molecular weight excluding hydrogens is 319 g/mol. The lowest BCUT2D eigenvalue weighted by molar-refractivity contribution is -0.112. The average molecular weight is 336 g/mol. The van der Waals surface area contributed by atoms with E-state index in [-0.39, 0.29) is 6.42 Å². The zero-order valence-corrected chi connectivity index (χ0v) is 13.8. The van der Waals surface area contributed by atoms with Crippen molar-refractivity contribution in [3.8, 4) is 11.1 Å². The fourth-order valence-corrected chi connectivity index (χ4v) is 2.76. The molecule has 1 aliphatic rings. The number of halogens is 1. The highest BCUT2D eigenvalue weighted by atomic mass is 19.1. The van der Waals surface area contributed by atoms with E-state index in [9.17, 15) is 14.0 Å². The zero-order valence-electron chi connectivity index (χ0n) is 13.8. The Labute approximate surface area is 145 Å². The van der Waals surface area contributed by atoms with Gasteiger partial charge in [-0.3, -0.25) is 14.0 Å². The van der Waals surface area contributed by atoms with Crippen molar-refractivity contribution in [3.63, 3.8) is 0 Å². The van der Waals surface area contributed by atoms with Crippen LogP contribution in [0.4, 0.5) is 4.39 Å². The molecule has 2 aromatic rings. The molecule has 0 saturated heterocycles. The number of hydrogen-bond donors (Lipinski definition) is 0. The Hall–Kier alpha value is -2.95. The van der Waals surface area contributed by atoms with Crippen LogP contribution in [0.2, 0.25) is 0 Å². The summed E-state index contributed by atoms with van der Waals surface area (Å²) in [5.74, 6) is -1.19. The Balaban J connectivity index is 1.85. The number of nitrogens with zero attached hydrogens (tertiary/aromatic N) is 2. The molecule has 1 aliphatic carbocycles. The maximum absolute atomic E-state index is 13.2. The molecule has 1 unspecified atom stereocenters. The molecule has 0 radical (unpaired) electrons. The van der Waals surface area contributed by atoms with E-state index < -0.39 is 23.7 Å². The Kier molecular flexibility index (Phi) is 4.65. The number of carbonyl (C=O) groups is 2. The van der Waals surface area contributed by atoms with Gasteiger partial charge in [0.25, 0.3) is 0 Å². The number of allylic oxidation sites excluding steroid dienone is 4. The van der Waals surface area contributed by atoms with Crippen LogP contribution in [0.1, 0.15) is 23.7 Å². The number of carbonyl (C=O) groups excluding carboxylic acids is 2. The van der Waals surface area contributed by atoms with Crippen LogP contribution in [0.5, 0.6) is 0 Å². The Morgan fingerprint density at radius 3 is 2.64 bits per heavy atom.